The summed E-state index contributed by atoms with van der Waals surface area (Å²) in [4.78, 5) is 13.9. The highest BCUT2D eigenvalue weighted by Crippen LogP contribution is 2.26. The Hall–Kier alpha value is -3.16. The summed E-state index contributed by atoms with van der Waals surface area (Å²) in [6.45, 7) is 1.98. The van der Waals surface area contributed by atoms with E-state index in [0.29, 0.717) is 23.9 Å². The molecule has 3 heterocycles. The van der Waals surface area contributed by atoms with E-state index in [1.54, 1.807) is 6.20 Å². The summed E-state index contributed by atoms with van der Waals surface area (Å²) in [6, 6.07) is 18.4. The van der Waals surface area contributed by atoms with E-state index in [4.69, 9.17) is 9.97 Å². The molecule has 5 rings (SSSR count). The van der Waals surface area contributed by atoms with Gasteiger partial charge in [0.25, 0.3) is 0 Å². The van der Waals surface area contributed by atoms with Gasteiger partial charge in [-0.3, -0.25) is 0 Å². The lowest BCUT2D eigenvalue weighted by molar-refractivity contribution is 0.589. The molecule has 2 aromatic carbocycles. The number of hydrogen-bond donors (Lipinski definition) is 1. The Morgan fingerprint density at radius 1 is 1.06 bits per heavy atom. The van der Waals surface area contributed by atoms with E-state index >= 15 is 0 Å². The van der Waals surface area contributed by atoms with E-state index in [0.717, 1.165) is 40.6 Å². The number of anilines is 2. The summed E-state index contributed by atoms with van der Waals surface area (Å²) in [7, 11) is 0. The molecule has 0 radical (unpaired) electrons. The zero-order valence-corrected chi connectivity index (χ0v) is 18.1. The van der Waals surface area contributed by atoms with Crippen molar-refractivity contribution in [1.82, 2.24) is 19.5 Å². The van der Waals surface area contributed by atoms with Crippen molar-refractivity contribution in [3.05, 3.63) is 95.3 Å². The second-order valence-electron chi connectivity index (χ2n) is 7.64. The van der Waals surface area contributed by atoms with Crippen LogP contribution in [0.1, 0.15) is 28.3 Å². The Bertz CT molecular complexity index is 1190. The highest BCUT2D eigenvalue weighted by atomic mass is 32.2. The monoisotopic (exact) mass is 429 g/mol. The Morgan fingerprint density at radius 2 is 1.87 bits per heavy atom. The number of aromatic nitrogens is 4. The molecular formula is C24H23N5OS. The van der Waals surface area contributed by atoms with Crippen molar-refractivity contribution in [2.45, 2.75) is 25.5 Å². The van der Waals surface area contributed by atoms with Gasteiger partial charge in [0.15, 0.2) is 0 Å². The van der Waals surface area contributed by atoms with Crippen molar-refractivity contribution in [3.63, 3.8) is 0 Å². The van der Waals surface area contributed by atoms with Gasteiger partial charge in [-0.15, -0.1) is 0 Å². The topological polar surface area (TPSA) is 78.7 Å². The molecule has 0 fully saturated rings. The molecule has 1 aliphatic rings. The van der Waals surface area contributed by atoms with Crippen LogP contribution in [-0.2, 0) is 29.8 Å². The predicted octanol–water partition coefficient (Wildman–Crippen LogP) is 4.11. The SMILES string of the molecule is Cc1nccn1-c1ccc(Nc2nc3c(c(Cc4ccccc4)n2)C[S+]([O-])CC3)cc1. The van der Waals surface area contributed by atoms with Crippen molar-refractivity contribution in [2.24, 2.45) is 0 Å². The van der Waals surface area contributed by atoms with Gasteiger partial charge in [0, 0.05) is 42.2 Å². The number of aryl methyl sites for hydroxylation is 2. The maximum atomic E-state index is 12.2. The molecule has 7 heteroatoms. The van der Waals surface area contributed by atoms with Crippen LogP contribution in [0.25, 0.3) is 5.69 Å². The van der Waals surface area contributed by atoms with E-state index < -0.39 is 11.2 Å². The second-order valence-corrected chi connectivity index (χ2v) is 9.21. The number of fused-ring (bicyclic) bond motifs is 1. The van der Waals surface area contributed by atoms with Gasteiger partial charge in [-0.1, -0.05) is 30.3 Å². The largest absolute Gasteiger partial charge is 0.616 e. The molecule has 1 aliphatic heterocycles. The number of hydrogen-bond acceptors (Lipinski definition) is 5. The molecule has 0 saturated carbocycles. The third-order valence-electron chi connectivity index (χ3n) is 5.49. The first-order valence-electron chi connectivity index (χ1n) is 10.3. The summed E-state index contributed by atoms with van der Waals surface area (Å²) in [5, 5.41) is 3.36. The van der Waals surface area contributed by atoms with Gasteiger partial charge in [-0.25, -0.2) is 15.0 Å². The van der Waals surface area contributed by atoms with Crippen molar-refractivity contribution in [3.8, 4) is 5.69 Å². The van der Waals surface area contributed by atoms with Crippen LogP contribution < -0.4 is 5.32 Å². The average molecular weight is 430 g/mol. The van der Waals surface area contributed by atoms with Gasteiger partial charge in [0.2, 0.25) is 5.95 Å². The van der Waals surface area contributed by atoms with Crippen LogP contribution in [0, 0.1) is 6.92 Å². The quantitative estimate of drug-likeness (QED) is 0.483. The van der Waals surface area contributed by atoms with Gasteiger partial charge < -0.3 is 14.4 Å². The maximum absolute atomic E-state index is 12.2. The van der Waals surface area contributed by atoms with Gasteiger partial charge in [0.05, 0.1) is 11.4 Å². The molecule has 0 bridgehead atoms. The van der Waals surface area contributed by atoms with Gasteiger partial charge >= 0.3 is 0 Å². The zero-order valence-electron chi connectivity index (χ0n) is 17.3. The first-order chi connectivity index (χ1) is 15.2. The van der Waals surface area contributed by atoms with E-state index in [1.807, 2.05) is 60.2 Å². The molecule has 6 nitrogen and oxygen atoms in total. The summed E-state index contributed by atoms with van der Waals surface area (Å²) in [6.07, 6.45) is 5.17. The van der Waals surface area contributed by atoms with E-state index in [1.165, 1.54) is 5.56 Å². The normalized spacial score (nSPS) is 15.5. The number of nitrogens with one attached hydrogen (secondary N) is 1. The van der Waals surface area contributed by atoms with Crippen LogP contribution in [-0.4, -0.2) is 29.8 Å². The van der Waals surface area contributed by atoms with Crippen molar-refractivity contribution in [2.75, 3.05) is 11.1 Å². The Balaban J connectivity index is 1.44. The Morgan fingerprint density at radius 3 is 2.61 bits per heavy atom. The molecule has 1 unspecified atom stereocenters. The minimum Gasteiger partial charge on any atom is -0.616 e. The molecule has 156 valence electrons. The van der Waals surface area contributed by atoms with E-state index in [-0.39, 0.29) is 0 Å². The molecule has 2 aromatic heterocycles. The smallest absolute Gasteiger partial charge is 0.227 e. The molecule has 4 aromatic rings. The van der Waals surface area contributed by atoms with Crippen LogP contribution in [0.5, 0.6) is 0 Å². The lowest BCUT2D eigenvalue weighted by Crippen LogP contribution is -2.23. The molecule has 0 spiro atoms. The van der Waals surface area contributed by atoms with Crippen molar-refractivity contribution in [1.29, 1.82) is 0 Å². The first kappa shape index (κ1) is 19.8. The maximum Gasteiger partial charge on any atom is 0.227 e. The number of imidazole rings is 1. The number of rotatable bonds is 5. The minimum atomic E-state index is -0.842. The van der Waals surface area contributed by atoms with Crippen LogP contribution in [0.4, 0.5) is 11.6 Å². The molecular weight excluding hydrogens is 406 g/mol. The Labute approximate surface area is 184 Å². The lowest BCUT2D eigenvalue weighted by Gasteiger charge is -2.22. The second kappa shape index (κ2) is 8.53. The van der Waals surface area contributed by atoms with Crippen molar-refractivity contribution < 1.29 is 4.55 Å². The average Bonchev–Trinajstić information content (AvgIpc) is 3.21. The standard InChI is InChI=1S/C24H23N5OS/c1-17-25-12-13-29(17)20-9-7-19(8-10-20)26-24-27-22-11-14-31(30)16-21(22)23(28-24)15-18-5-3-2-4-6-18/h2-10,12-13H,11,14-16H2,1H3,(H,26,27,28). The van der Waals surface area contributed by atoms with Gasteiger partial charge in [0.1, 0.15) is 17.3 Å². The number of benzene rings is 2. The molecule has 1 atom stereocenters. The molecule has 31 heavy (non-hydrogen) atoms. The van der Waals surface area contributed by atoms with Crippen LogP contribution in [0.3, 0.4) is 0 Å². The predicted molar refractivity (Wildman–Crippen MR) is 123 cm³/mol. The van der Waals surface area contributed by atoms with Gasteiger partial charge in [-0.05, 0) is 47.9 Å². The van der Waals surface area contributed by atoms with Crippen LogP contribution >= 0.6 is 0 Å². The van der Waals surface area contributed by atoms with E-state index in [2.05, 4.69) is 22.4 Å². The Kier molecular flexibility index (Phi) is 5.44. The summed E-state index contributed by atoms with van der Waals surface area (Å²) in [5.41, 5.74) is 6.17. The van der Waals surface area contributed by atoms with Crippen LogP contribution in [0.2, 0.25) is 0 Å². The summed E-state index contributed by atoms with van der Waals surface area (Å²) >= 11 is -0.842. The first-order valence-corrected chi connectivity index (χ1v) is 11.8. The molecule has 0 aliphatic carbocycles. The molecule has 1 N–H and O–H groups in total. The third kappa shape index (κ3) is 4.33. The van der Waals surface area contributed by atoms with Gasteiger partial charge in [-0.2, -0.15) is 0 Å². The fourth-order valence-corrected chi connectivity index (χ4v) is 5.10. The minimum absolute atomic E-state index is 0.538. The lowest BCUT2D eigenvalue weighted by atomic mass is 10.0. The van der Waals surface area contributed by atoms with Crippen LogP contribution in [0.15, 0.2) is 67.0 Å². The molecule has 0 amide bonds. The third-order valence-corrected chi connectivity index (χ3v) is 6.76. The molecule has 0 saturated heterocycles. The summed E-state index contributed by atoms with van der Waals surface area (Å²) < 4.78 is 14.2. The highest BCUT2D eigenvalue weighted by molar-refractivity contribution is 7.90. The number of nitrogens with zero attached hydrogens (tertiary/aromatic N) is 4. The van der Waals surface area contributed by atoms with Crippen molar-refractivity contribution >= 4 is 22.8 Å². The fourth-order valence-electron chi connectivity index (χ4n) is 3.88. The zero-order chi connectivity index (χ0) is 21.2. The summed E-state index contributed by atoms with van der Waals surface area (Å²) in [5.74, 6) is 2.73. The fraction of sp³-hybridized carbons (Fsp3) is 0.208. The van der Waals surface area contributed by atoms with E-state index in [9.17, 15) is 4.55 Å². The highest BCUT2D eigenvalue weighted by Gasteiger charge is 2.25.